The minimum atomic E-state index is 0. The molecule has 140 heavy (non-hydrogen) atoms. The molecule has 0 aliphatic heterocycles. The van der Waals surface area contributed by atoms with Gasteiger partial charge in [0.25, 0.3) is 0 Å². The summed E-state index contributed by atoms with van der Waals surface area (Å²) in [6, 6.07) is 112. The summed E-state index contributed by atoms with van der Waals surface area (Å²) in [4.78, 5) is 36.2. The second-order valence-corrected chi connectivity index (χ2v) is 36.7. The number of imidazole rings is 6. The van der Waals surface area contributed by atoms with Gasteiger partial charge < -0.3 is 26.4 Å². The van der Waals surface area contributed by atoms with E-state index in [0.717, 1.165) is 82.8 Å². The van der Waals surface area contributed by atoms with Gasteiger partial charge >= 0.3 is 0 Å². The van der Waals surface area contributed by atoms with Crippen LogP contribution in [0.4, 0.5) is 0 Å². The summed E-state index contributed by atoms with van der Waals surface area (Å²) in [7, 11) is 0. The molecule has 0 unspecified atom stereocenters. The summed E-state index contributed by atoms with van der Waals surface area (Å²) < 4.78 is 12.9. The average Bonchev–Trinajstić information content (AvgIpc) is 1.01. The van der Waals surface area contributed by atoms with Crippen LogP contribution in [0.1, 0.15) is 119 Å². The number of hydrogen-bond donors (Lipinski definition) is 0. The Morgan fingerprint density at radius 2 is 0.614 bits per heavy atom. The molecule has 13 aromatic heterocycles. The van der Waals surface area contributed by atoms with Gasteiger partial charge in [-0.15, -0.1) is 178 Å². The van der Waals surface area contributed by atoms with Crippen molar-refractivity contribution in [2.24, 2.45) is 0 Å². The monoisotopic (exact) mass is 2890 g/mol. The minimum absolute atomic E-state index is 0. The average molecular weight is 2890 g/mol. The molecule has 20 heteroatoms. The standard InChI is InChI=1S/2C24H19N2.C20H15N4.C19H17N2.C17H13N2.C16H11N2.6Ir/c1-16(2)17-10-12-18(13-11-17)19-8-5-9-21-20-6-3-4-7-22(20)24-25-14-15-26(24)23(19)21;1-16(2)17-7-9-18(10-8-17)19-11-12-23-22(15-19)20-5-3-4-6-21(20)24-25-13-14-26(23)24;1-12(2)13-7-8-17-16(11-13)14-5-3-4-6-15(14)19-23-18-20(24(17)19)22-10-9-21-18;1-19(2,3)13-8-9-17-16(12-13)14-6-4-5-7-15(14)18-20-10-11-21(17)18;1-11-9-15-13-5-3-4-6-14(13)17-18-7-8-19(17)16(15)10-12(11)2;1-11-6-7-15-14(10-11)12-4-2-3-5-13(12)16-17-8-9-18(15)16;;;;;;/h3-6,8-16H,1-2H3;3-5,7-16H,1-2H3;3-5,7-12H,1-2H3;4-6,8-12H,1-3H3;3-5,7-10H,1-2H3;2-4,6-10H,1H3;;;;;;/q6*-1;;;;;;. The number of benzene rings is 14. The Morgan fingerprint density at radius 3 is 1.09 bits per heavy atom. The predicted octanol–water partition coefficient (Wildman–Crippen LogP) is 29.5. The molecule has 0 amide bonds. The number of para-hydroxylation sites is 1. The van der Waals surface area contributed by atoms with Crippen LogP contribution in [-0.4, -0.2) is 66.3 Å². The van der Waals surface area contributed by atoms with Crippen LogP contribution in [0.3, 0.4) is 0 Å². The Balaban J connectivity index is 0.000000121. The first-order valence-corrected chi connectivity index (χ1v) is 45.8. The first-order chi connectivity index (χ1) is 65.3. The fraction of sp³-hybridized carbons (Fsp3) is 0.133. The fourth-order valence-electron chi connectivity index (χ4n) is 19.2. The zero-order chi connectivity index (χ0) is 91.3. The molecule has 704 valence electrons. The summed E-state index contributed by atoms with van der Waals surface area (Å²) in [6.07, 6.45) is 22.8. The Hall–Kier alpha value is -12.4. The Morgan fingerprint density at radius 1 is 0.264 bits per heavy atom. The number of fused-ring (bicyclic) bond motifs is 38. The molecular weight excluding hydrogens is 2790 g/mol. The van der Waals surface area contributed by atoms with Crippen molar-refractivity contribution in [3.63, 3.8) is 0 Å². The van der Waals surface area contributed by atoms with E-state index >= 15 is 0 Å². The van der Waals surface area contributed by atoms with Crippen LogP contribution in [-0.2, 0) is 126 Å². The summed E-state index contributed by atoms with van der Waals surface area (Å²) in [5.41, 5.74) is 28.6. The van der Waals surface area contributed by atoms with Crippen molar-refractivity contribution in [2.45, 2.75) is 106 Å². The fourth-order valence-corrected chi connectivity index (χ4v) is 19.2. The number of rotatable bonds is 5. The molecule has 0 N–H and O–H groups in total. The van der Waals surface area contributed by atoms with Crippen molar-refractivity contribution >= 4 is 175 Å². The first kappa shape index (κ1) is 101. The van der Waals surface area contributed by atoms with Gasteiger partial charge in [-0.1, -0.05) is 222 Å². The summed E-state index contributed by atoms with van der Waals surface area (Å²) in [6.45, 7) is 26.5. The van der Waals surface area contributed by atoms with Crippen molar-refractivity contribution in [3.05, 3.63) is 411 Å². The number of nitrogens with zero attached hydrogens (tertiary/aromatic N) is 14. The maximum atomic E-state index is 4.71. The van der Waals surface area contributed by atoms with Crippen molar-refractivity contribution in [1.29, 1.82) is 0 Å². The Bertz CT molecular complexity index is 9270. The van der Waals surface area contributed by atoms with Crippen LogP contribution < -0.4 is 0 Å². The molecule has 27 rings (SSSR count). The van der Waals surface area contributed by atoms with E-state index in [2.05, 4.69) is 369 Å². The van der Waals surface area contributed by atoms with Gasteiger partial charge in [-0.25, -0.2) is 9.97 Å². The van der Waals surface area contributed by atoms with E-state index in [1.807, 2.05) is 135 Å². The van der Waals surface area contributed by atoms with Crippen molar-refractivity contribution in [1.82, 2.24) is 66.3 Å². The van der Waals surface area contributed by atoms with Crippen molar-refractivity contribution in [3.8, 4) is 22.3 Å². The number of hydrogen-bond acceptors (Lipinski definition) is 8. The number of aryl methyl sites for hydroxylation is 3. The summed E-state index contributed by atoms with van der Waals surface area (Å²) >= 11 is 0. The molecule has 0 saturated heterocycles. The van der Waals surface area contributed by atoms with Gasteiger partial charge in [-0.2, -0.15) is 0 Å². The third-order valence-electron chi connectivity index (χ3n) is 26.4. The number of pyridine rings is 6. The molecule has 6 radical (unpaired) electrons. The molecule has 0 fully saturated rings. The second-order valence-electron chi connectivity index (χ2n) is 36.7. The van der Waals surface area contributed by atoms with E-state index in [9.17, 15) is 0 Å². The minimum Gasteiger partial charge on any atom is -0.340 e. The zero-order valence-corrected chi connectivity index (χ0v) is 93.1. The summed E-state index contributed by atoms with van der Waals surface area (Å²) in [5, 5.41) is 21.1. The quantitative estimate of drug-likeness (QED) is 0.123. The molecule has 14 aromatic carbocycles. The van der Waals surface area contributed by atoms with Crippen LogP contribution in [0.2, 0.25) is 0 Å². The molecule has 0 spiro atoms. The topological polar surface area (TPSA) is 130 Å². The first-order valence-electron chi connectivity index (χ1n) is 45.8. The number of aromatic nitrogens is 14. The van der Waals surface area contributed by atoms with E-state index < -0.39 is 0 Å². The molecular formula is C120H94Ir6N14-6. The van der Waals surface area contributed by atoms with E-state index in [1.165, 1.54) is 148 Å². The molecule has 27 aromatic rings. The van der Waals surface area contributed by atoms with Gasteiger partial charge in [0.05, 0.1) is 33.9 Å². The molecule has 0 aliphatic rings. The predicted molar refractivity (Wildman–Crippen MR) is 553 cm³/mol. The van der Waals surface area contributed by atoms with Crippen LogP contribution in [0.25, 0.3) is 197 Å². The molecule has 13 heterocycles. The summed E-state index contributed by atoms with van der Waals surface area (Å²) in [5.74, 6) is 1.57. The van der Waals surface area contributed by atoms with Gasteiger partial charge in [-0.05, 0) is 157 Å². The van der Waals surface area contributed by atoms with Crippen LogP contribution in [0, 0.1) is 57.2 Å². The molecule has 0 aliphatic carbocycles. The van der Waals surface area contributed by atoms with Gasteiger partial charge in [0.15, 0.2) is 11.3 Å². The zero-order valence-electron chi connectivity index (χ0n) is 78.7. The van der Waals surface area contributed by atoms with Crippen molar-refractivity contribution < 1.29 is 121 Å². The van der Waals surface area contributed by atoms with Crippen LogP contribution >= 0.6 is 0 Å². The van der Waals surface area contributed by atoms with Crippen molar-refractivity contribution in [2.75, 3.05) is 0 Å². The largest absolute Gasteiger partial charge is 0.340 e. The Kier molecular flexibility index (Phi) is 30.0. The third-order valence-corrected chi connectivity index (χ3v) is 26.4. The molecule has 0 atom stereocenters. The molecule has 14 nitrogen and oxygen atoms in total. The van der Waals surface area contributed by atoms with Gasteiger partial charge in [0.1, 0.15) is 0 Å². The van der Waals surface area contributed by atoms with Crippen LogP contribution in [0.15, 0.2) is 335 Å². The van der Waals surface area contributed by atoms with Gasteiger partial charge in [0, 0.05) is 234 Å². The smallest absolute Gasteiger partial charge is 0.188 e. The van der Waals surface area contributed by atoms with E-state index in [4.69, 9.17) is 4.98 Å². The van der Waals surface area contributed by atoms with Crippen LogP contribution in [0.5, 0.6) is 0 Å². The second kappa shape index (κ2) is 41.8. The van der Waals surface area contributed by atoms with E-state index in [1.54, 1.807) is 12.4 Å². The molecule has 0 saturated carbocycles. The molecule has 0 bridgehead atoms. The maximum absolute atomic E-state index is 4.71. The van der Waals surface area contributed by atoms with Gasteiger partial charge in [-0.3, -0.25) is 29.9 Å². The van der Waals surface area contributed by atoms with E-state index in [0.29, 0.717) is 23.4 Å². The Labute approximate surface area is 892 Å². The normalized spacial score (nSPS) is 11.4. The maximum Gasteiger partial charge on any atom is 0.188 e. The third kappa shape index (κ3) is 18.3. The SMILES string of the molecule is CC(C)(C)c1ccc2c(c1)c1ccc[c-]c1c1nccn21.CC(C)c1ccc(-c2ccc3c(c2)c2ccc[c-]c2c2nccn32)cc1.CC(C)c1ccc(-c2cccc3c4ccc[c-]c4c4nccn4c23)cc1.CC(C)c1ccc2c(c1)c1ccc[c-]c1c1nc3nccnc3n21.Cc1cc2c3ccc[c-]c3c3nccn3c2cc1C.Cc1ccc2c(c1)c1ccc[c-]c1c1nccn21.[Ir].[Ir].[Ir].[Ir].[Ir].[Ir]. The van der Waals surface area contributed by atoms with E-state index in [-0.39, 0.29) is 126 Å². The van der Waals surface area contributed by atoms with Gasteiger partial charge in [0.2, 0.25) is 0 Å².